The number of ether oxygens (including phenoxy) is 1. The van der Waals surface area contributed by atoms with Crippen molar-refractivity contribution in [3.05, 3.63) is 89.2 Å². The summed E-state index contributed by atoms with van der Waals surface area (Å²) in [6, 6.07) is 16.8. The summed E-state index contributed by atoms with van der Waals surface area (Å²) in [5.41, 5.74) is 2.95. The maximum absolute atomic E-state index is 13.1. The Hall–Kier alpha value is -3.74. The van der Waals surface area contributed by atoms with E-state index in [2.05, 4.69) is 14.9 Å². The van der Waals surface area contributed by atoms with E-state index >= 15 is 0 Å². The Labute approximate surface area is 180 Å². The highest BCUT2D eigenvalue weighted by molar-refractivity contribution is 5.98. The third kappa shape index (κ3) is 3.86. The van der Waals surface area contributed by atoms with Gasteiger partial charge in [0, 0.05) is 50.6 Å². The van der Waals surface area contributed by atoms with Crippen LogP contribution in [-0.4, -0.2) is 52.9 Å². The Bertz CT molecular complexity index is 1100. The minimum atomic E-state index is -0.342. The highest BCUT2D eigenvalue weighted by atomic mass is 16.5. The number of hydrogen-bond acceptors (Lipinski definition) is 6. The SMILES string of the molecule is O=C1O[C@@H](c2ccccc2)Cc2cc(C(=O)N3CCN(c4ncccn4)CC3)ccc21. The van der Waals surface area contributed by atoms with Gasteiger partial charge < -0.3 is 14.5 Å². The van der Waals surface area contributed by atoms with Crippen LogP contribution >= 0.6 is 0 Å². The maximum atomic E-state index is 13.1. The van der Waals surface area contributed by atoms with Crippen LogP contribution in [0.15, 0.2) is 67.0 Å². The average molecular weight is 414 g/mol. The quantitative estimate of drug-likeness (QED) is 0.614. The molecule has 0 spiro atoms. The van der Waals surface area contributed by atoms with Gasteiger partial charge in [-0.1, -0.05) is 30.3 Å². The molecule has 0 unspecified atom stereocenters. The Morgan fingerprint density at radius 2 is 1.68 bits per heavy atom. The van der Waals surface area contributed by atoms with Gasteiger partial charge in [0.05, 0.1) is 5.56 Å². The van der Waals surface area contributed by atoms with Crippen LogP contribution in [-0.2, 0) is 11.2 Å². The zero-order chi connectivity index (χ0) is 21.2. The van der Waals surface area contributed by atoms with E-state index in [9.17, 15) is 9.59 Å². The van der Waals surface area contributed by atoms with Crippen LogP contribution in [0.5, 0.6) is 0 Å². The number of amides is 1. The zero-order valence-electron chi connectivity index (χ0n) is 17.0. The first-order valence-corrected chi connectivity index (χ1v) is 10.4. The number of esters is 1. The number of cyclic esters (lactones) is 1. The number of carbonyl (C=O) groups excluding carboxylic acids is 2. The highest BCUT2D eigenvalue weighted by Gasteiger charge is 2.29. The second-order valence-corrected chi connectivity index (χ2v) is 7.71. The molecule has 1 aromatic heterocycles. The predicted octanol–water partition coefficient (Wildman–Crippen LogP) is 2.89. The monoisotopic (exact) mass is 414 g/mol. The number of piperazine rings is 1. The van der Waals surface area contributed by atoms with E-state index in [1.54, 1.807) is 30.6 Å². The lowest BCUT2D eigenvalue weighted by Gasteiger charge is -2.35. The van der Waals surface area contributed by atoms with Crippen LogP contribution in [0.25, 0.3) is 0 Å². The molecular formula is C24H22N4O3. The molecule has 3 heterocycles. The third-order valence-corrected chi connectivity index (χ3v) is 5.80. The standard InChI is InChI=1S/C24H22N4O3/c29-22(27-11-13-28(14-12-27)24-25-9-4-10-26-24)18-7-8-20-19(15-18)16-21(31-23(20)30)17-5-2-1-3-6-17/h1-10,15,21H,11-14,16H2/t21-/m1/s1. The van der Waals surface area contributed by atoms with Crippen LogP contribution in [0.1, 0.15) is 37.9 Å². The molecule has 0 bridgehead atoms. The van der Waals surface area contributed by atoms with E-state index in [1.807, 2.05) is 41.3 Å². The van der Waals surface area contributed by atoms with Gasteiger partial charge in [-0.3, -0.25) is 4.79 Å². The molecule has 2 aliphatic heterocycles. The molecule has 1 saturated heterocycles. The van der Waals surface area contributed by atoms with E-state index in [-0.39, 0.29) is 18.0 Å². The van der Waals surface area contributed by atoms with Crippen molar-refractivity contribution in [3.8, 4) is 0 Å². The van der Waals surface area contributed by atoms with Crippen LogP contribution in [0.3, 0.4) is 0 Å². The first-order valence-electron chi connectivity index (χ1n) is 10.4. The van der Waals surface area contributed by atoms with Crippen LogP contribution in [0.4, 0.5) is 5.95 Å². The summed E-state index contributed by atoms with van der Waals surface area (Å²) >= 11 is 0. The minimum absolute atomic E-state index is 0.0216. The summed E-state index contributed by atoms with van der Waals surface area (Å²) in [5, 5.41) is 0. The first-order chi connectivity index (χ1) is 15.2. The smallest absolute Gasteiger partial charge is 0.339 e. The second-order valence-electron chi connectivity index (χ2n) is 7.71. The molecule has 2 aliphatic rings. The van der Waals surface area contributed by atoms with Gasteiger partial charge in [-0.25, -0.2) is 14.8 Å². The summed E-state index contributed by atoms with van der Waals surface area (Å²) in [4.78, 5) is 38.1. The molecule has 1 atom stereocenters. The van der Waals surface area contributed by atoms with Crippen molar-refractivity contribution >= 4 is 17.8 Å². The summed E-state index contributed by atoms with van der Waals surface area (Å²) in [6.45, 7) is 2.57. The summed E-state index contributed by atoms with van der Waals surface area (Å²) in [5.74, 6) is 0.325. The molecule has 156 valence electrons. The van der Waals surface area contributed by atoms with Crippen molar-refractivity contribution in [2.45, 2.75) is 12.5 Å². The van der Waals surface area contributed by atoms with Crippen molar-refractivity contribution in [1.82, 2.24) is 14.9 Å². The van der Waals surface area contributed by atoms with Gasteiger partial charge in [0.2, 0.25) is 5.95 Å². The van der Waals surface area contributed by atoms with Gasteiger partial charge in [0.25, 0.3) is 5.91 Å². The van der Waals surface area contributed by atoms with E-state index in [1.165, 1.54) is 0 Å². The lowest BCUT2D eigenvalue weighted by Crippen LogP contribution is -2.49. The number of anilines is 1. The van der Waals surface area contributed by atoms with Crippen molar-refractivity contribution in [1.29, 1.82) is 0 Å². The minimum Gasteiger partial charge on any atom is -0.454 e. The van der Waals surface area contributed by atoms with E-state index in [0.29, 0.717) is 49.7 Å². The van der Waals surface area contributed by atoms with Gasteiger partial charge >= 0.3 is 5.97 Å². The fourth-order valence-corrected chi connectivity index (χ4v) is 4.13. The predicted molar refractivity (Wildman–Crippen MR) is 115 cm³/mol. The highest BCUT2D eigenvalue weighted by Crippen LogP contribution is 2.31. The van der Waals surface area contributed by atoms with Gasteiger partial charge in [-0.15, -0.1) is 0 Å². The molecular weight excluding hydrogens is 392 g/mol. The lowest BCUT2D eigenvalue weighted by molar-refractivity contribution is 0.0252. The number of hydrogen-bond donors (Lipinski definition) is 0. The molecule has 7 nitrogen and oxygen atoms in total. The van der Waals surface area contributed by atoms with Crippen LogP contribution in [0.2, 0.25) is 0 Å². The first kappa shape index (κ1) is 19.2. The molecule has 1 fully saturated rings. The van der Waals surface area contributed by atoms with Gasteiger partial charge in [0.1, 0.15) is 6.10 Å². The lowest BCUT2D eigenvalue weighted by atomic mass is 9.93. The second kappa shape index (κ2) is 8.18. The van der Waals surface area contributed by atoms with Gasteiger partial charge in [-0.2, -0.15) is 0 Å². The Balaban J connectivity index is 1.31. The van der Waals surface area contributed by atoms with E-state index < -0.39 is 0 Å². The zero-order valence-corrected chi connectivity index (χ0v) is 17.0. The number of fused-ring (bicyclic) bond motifs is 1. The molecule has 1 amide bonds. The van der Waals surface area contributed by atoms with Gasteiger partial charge in [0.15, 0.2) is 0 Å². The topological polar surface area (TPSA) is 75.6 Å². The molecule has 0 radical (unpaired) electrons. The van der Waals surface area contributed by atoms with E-state index in [4.69, 9.17) is 4.74 Å². The average Bonchev–Trinajstić information content (AvgIpc) is 2.84. The molecule has 7 heteroatoms. The van der Waals surface area contributed by atoms with E-state index in [0.717, 1.165) is 11.1 Å². The molecule has 2 aromatic carbocycles. The Morgan fingerprint density at radius 1 is 0.935 bits per heavy atom. The molecule has 0 aliphatic carbocycles. The summed E-state index contributed by atoms with van der Waals surface area (Å²) in [7, 11) is 0. The fraction of sp³-hybridized carbons (Fsp3) is 0.250. The fourth-order valence-electron chi connectivity index (χ4n) is 4.13. The molecule has 0 saturated carbocycles. The van der Waals surface area contributed by atoms with Crippen molar-refractivity contribution < 1.29 is 14.3 Å². The number of benzene rings is 2. The molecule has 5 rings (SSSR count). The van der Waals surface area contributed by atoms with Crippen LogP contribution < -0.4 is 4.90 Å². The third-order valence-electron chi connectivity index (χ3n) is 5.80. The Kier molecular flexibility index (Phi) is 5.08. The summed E-state index contributed by atoms with van der Waals surface area (Å²) < 4.78 is 5.62. The van der Waals surface area contributed by atoms with Crippen molar-refractivity contribution in [2.75, 3.05) is 31.1 Å². The van der Waals surface area contributed by atoms with Crippen LogP contribution in [0, 0.1) is 0 Å². The maximum Gasteiger partial charge on any atom is 0.339 e. The van der Waals surface area contributed by atoms with Crippen molar-refractivity contribution in [3.63, 3.8) is 0 Å². The number of carbonyl (C=O) groups is 2. The molecule has 0 N–H and O–H groups in total. The number of nitrogens with zero attached hydrogens (tertiary/aromatic N) is 4. The Morgan fingerprint density at radius 3 is 2.42 bits per heavy atom. The molecule has 31 heavy (non-hydrogen) atoms. The van der Waals surface area contributed by atoms with Gasteiger partial charge in [-0.05, 0) is 35.4 Å². The largest absolute Gasteiger partial charge is 0.454 e. The summed E-state index contributed by atoms with van der Waals surface area (Å²) in [6.07, 6.45) is 3.67. The van der Waals surface area contributed by atoms with Crippen molar-refractivity contribution in [2.24, 2.45) is 0 Å². The normalized spacial score (nSPS) is 18.3. The molecule has 3 aromatic rings. The number of aromatic nitrogens is 2. The number of rotatable bonds is 3.